The van der Waals surface area contributed by atoms with Gasteiger partial charge < -0.3 is 10.2 Å². The Labute approximate surface area is 136 Å². The SMILES string of the molecule is C=CC(=O)NCCC(=O)N1CCC(c2ccc(F)cc2C)CC1. The standard InChI is InChI=1S/C18H23FN2O2/c1-3-17(22)20-9-6-18(23)21-10-7-14(8-11-21)16-5-4-15(19)12-13(16)2/h3-5,12,14H,1,6-11H2,2H3,(H,20,22). The van der Waals surface area contributed by atoms with Crippen LogP contribution in [0.4, 0.5) is 4.39 Å². The molecule has 1 N–H and O–H groups in total. The van der Waals surface area contributed by atoms with Crippen LogP contribution in [0.3, 0.4) is 0 Å². The summed E-state index contributed by atoms with van der Waals surface area (Å²) < 4.78 is 13.2. The van der Waals surface area contributed by atoms with Crippen molar-refractivity contribution in [2.24, 2.45) is 0 Å². The average Bonchev–Trinajstić information content (AvgIpc) is 2.54. The lowest BCUT2D eigenvalue weighted by molar-refractivity contribution is -0.132. The fourth-order valence-electron chi connectivity index (χ4n) is 3.06. The van der Waals surface area contributed by atoms with Gasteiger partial charge in [-0.3, -0.25) is 9.59 Å². The van der Waals surface area contributed by atoms with Crippen LogP contribution in [0.1, 0.15) is 36.3 Å². The third-order valence-corrected chi connectivity index (χ3v) is 4.34. The van der Waals surface area contributed by atoms with Gasteiger partial charge in [-0.15, -0.1) is 0 Å². The third-order valence-electron chi connectivity index (χ3n) is 4.34. The van der Waals surface area contributed by atoms with E-state index in [-0.39, 0.29) is 17.6 Å². The lowest BCUT2D eigenvalue weighted by atomic mass is 9.87. The van der Waals surface area contributed by atoms with E-state index in [0.29, 0.717) is 32.0 Å². The number of aryl methyl sites for hydroxylation is 1. The molecule has 0 saturated carbocycles. The number of benzene rings is 1. The van der Waals surface area contributed by atoms with Gasteiger partial charge in [-0.2, -0.15) is 0 Å². The van der Waals surface area contributed by atoms with E-state index in [2.05, 4.69) is 11.9 Å². The lowest BCUT2D eigenvalue weighted by Crippen LogP contribution is -2.39. The molecule has 1 saturated heterocycles. The van der Waals surface area contributed by atoms with E-state index in [4.69, 9.17) is 0 Å². The summed E-state index contributed by atoms with van der Waals surface area (Å²) in [5, 5.41) is 2.61. The van der Waals surface area contributed by atoms with Crippen molar-refractivity contribution >= 4 is 11.8 Å². The van der Waals surface area contributed by atoms with Crippen LogP contribution in [-0.4, -0.2) is 36.3 Å². The molecule has 23 heavy (non-hydrogen) atoms. The maximum absolute atomic E-state index is 13.2. The highest BCUT2D eigenvalue weighted by atomic mass is 19.1. The summed E-state index contributed by atoms with van der Waals surface area (Å²) >= 11 is 0. The highest BCUT2D eigenvalue weighted by Gasteiger charge is 2.24. The predicted molar refractivity (Wildman–Crippen MR) is 87.5 cm³/mol. The first-order chi connectivity index (χ1) is 11.0. The summed E-state index contributed by atoms with van der Waals surface area (Å²) in [5.41, 5.74) is 2.15. The van der Waals surface area contributed by atoms with Gasteiger partial charge in [0.25, 0.3) is 0 Å². The average molecular weight is 318 g/mol. The lowest BCUT2D eigenvalue weighted by Gasteiger charge is -2.33. The molecule has 0 unspecified atom stereocenters. The van der Waals surface area contributed by atoms with Crippen molar-refractivity contribution in [3.05, 3.63) is 47.8 Å². The second kappa shape index (κ2) is 7.90. The molecule has 1 aliphatic rings. The molecule has 0 radical (unpaired) electrons. The Kier molecular flexibility index (Phi) is 5.90. The molecule has 2 amide bonds. The molecule has 0 atom stereocenters. The van der Waals surface area contributed by atoms with E-state index in [1.807, 2.05) is 17.9 Å². The number of halogens is 1. The second-order valence-electron chi connectivity index (χ2n) is 5.90. The Morgan fingerprint density at radius 3 is 2.70 bits per heavy atom. The van der Waals surface area contributed by atoms with Gasteiger partial charge in [-0.05, 0) is 55.0 Å². The van der Waals surface area contributed by atoms with E-state index >= 15 is 0 Å². The molecule has 0 spiro atoms. The molecule has 5 heteroatoms. The minimum atomic E-state index is -0.261. The van der Waals surface area contributed by atoms with Crippen LogP contribution in [0.2, 0.25) is 0 Å². The summed E-state index contributed by atoms with van der Waals surface area (Å²) in [6, 6.07) is 4.93. The van der Waals surface area contributed by atoms with Crippen LogP contribution in [0.15, 0.2) is 30.9 Å². The normalized spacial score (nSPS) is 15.3. The topological polar surface area (TPSA) is 49.4 Å². The maximum Gasteiger partial charge on any atom is 0.243 e. The molecule has 124 valence electrons. The van der Waals surface area contributed by atoms with E-state index in [0.717, 1.165) is 18.4 Å². The minimum absolute atomic E-state index is 0.0589. The fourth-order valence-corrected chi connectivity index (χ4v) is 3.06. The summed E-state index contributed by atoms with van der Waals surface area (Å²) in [6.45, 7) is 7.04. The Bertz CT molecular complexity index is 593. The molecule has 1 aliphatic heterocycles. The quantitative estimate of drug-likeness (QED) is 0.848. The van der Waals surface area contributed by atoms with Gasteiger partial charge in [0, 0.05) is 26.1 Å². The Morgan fingerprint density at radius 1 is 1.39 bits per heavy atom. The minimum Gasteiger partial charge on any atom is -0.352 e. The molecule has 1 heterocycles. The smallest absolute Gasteiger partial charge is 0.243 e. The van der Waals surface area contributed by atoms with Crippen LogP contribution in [-0.2, 0) is 9.59 Å². The first-order valence-electron chi connectivity index (χ1n) is 7.95. The number of likely N-dealkylation sites (tertiary alicyclic amines) is 1. The zero-order valence-corrected chi connectivity index (χ0v) is 13.5. The van der Waals surface area contributed by atoms with Gasteiger partial charge >= 0.3 is 0 Å². The Hall–Kier alpha value is -2.17. The van der Waals surface area contributed by atoms with Crippen molar-refractivity contribution in [3.63, 3.8) is 0 Å². The number of piperidine rings is 1. The molecule has 1 aromatic carbocycles. The van der Waals surface area contributed by atoms with Gasteiger partial charge in [0.2, 0.25) is 11.8 Å². The number of nitrogens with one attached hydrogen (secondary N) is 1. The Balaban J connectivity index is 1.82. The van der Waals surface area contributed by atoms with Gasteiger partial charge in [-0.25, -0.2) is 4.39 Å². The van der Waals surface area contributed by atoms with Crippen LogP contribution >= 0.6 is 0 Å². The van der Waals surface area contributed by atoms with Crippen molar-refractivity contribution in [2.45, 2.75) is 32.1 Å². The zero-order valence-electron chi connectivity index (χ0n) is 13.5. The first kappa shape index (κ1) is 17.2. The molecular weight excluding hydrogens is 295 g/mol. The van der Waals surface area contributed by atoms with E-state index in [1.54, 1.807) is 6.07 Å². The molecule has 0 aromatic heterocycles. The van der Waals surface area contributed by atoms with Crippen LogP contribution in [0, 0.1) is 12.7 Å². The van der Waals surface area contributed by atoms with E-state index < -0.39 is 0 Å². The maximum atomic E-state index is 13.2. The summed E-state index contributed by atoms with van der Waals surface area (Å²) in [5.74, 6) is -0.0347. The number of carbonyl (C=O) groups is 2. The number of hydrogen-bond acceptors (Lipinski definition) is 2. The molecule has 2 rings (SSSR count). The number of carbonyl (C=O) groups excluding carboxylic acids is 2. The van der Waals surface area contributed by atoms with Crippen LogP contribution in [0.5, 0.6) is 0 Å². The van der Waals surface area contributed by atoms with Gasteiger partial charge in [0.1, 0.15) is 5.82 Å². The predicted octanol–water partition coefficient (Wildman–Crippen LogP) is 2.53. The summed E-state index contributed by atoms with van der Waals surface area (Å²) in [7, 11) is 0. The van der Waals surface area contributed by atoms with Crippen molar-refractivity contribution < 1.29 is 14.0 Å². The third kappa shape index (κ3) is 4.65. The molecule has 4 nitrogen and oxygen atoms in total. The number of rotatable bonds is 5. The molecule has 1 aromatic rings. The second-order valence-corrected chi connectivity index (χ2v) is 5.90. The van der Waals surface area contributed by atoms with Gasteiger partial charge in [0.15, 0.2) is 0 Å². The Morgan fingerprint density at radius 2 is 2.09 bits per heavy atom. The van der Waals surface area contributed by atoms with Crippen molar-refractivity contribution in [1.29, 1.82) is 0 Å². The summed E-state index contributed by atoms with van der Waals surface area (Å²) in [4.78, 5) is 25.0. The highest BCUT2D eigenvalue weighted by molar-refractivity contribution is 5.87. The van der Waals surface area contributed by atoms with E-state index in [1.165, 1.54) is 17.7 Å². The van der Waals surface area contributed by atoms with Crippen molar-refractivity contribution in [2.75, 3.05) is 19.6 Å². The highest BCUT2D eigenvalue weighted by Crippen LogP contribution is 2.30. The van der Waals surface area contributed by atoms with Gasteiger partial charge in [0.05, 0.1) is 0 Å². The molecule has 0 bridgehead atoms. The zero-order chi connectivity index (χ0) is 16.8. The van der Waals surface area contributed by atoms with Crippen molar-refractivity contribution in [1.82, 2.24) is 10.2 Å². The molecule has 0 aliphatic carbocycles. The summed E-state index contributed by atoms with van der Waals surface area (Å²) in [6.07, 6.45) is 3.27. The molecule has 1 fully saturated rings. The van der Waals surface area contributed by atoms with Crippen molar-refractivity contribution in [3.8, 4) is 0 Å². The van der Waals surface area contributed by atoms with Crippen LogP contribution in [0.25, 0.3) is 0 Å². The number of amides is 2. The number of nitrogens with zero attached hydrogens (tertiary/aromatic N) is 1. The number of hydrogen-bond donors (Lipinski definition) is 1. The first-order valence-corrected chi connectivity index (χ1v) is 7.95. The monoisotopic (exact) mass is 318 g/mol. The molecular formula is C18H23FN2O2. The fraction of sp³-hybridized carbons (Fsp3) is 0.444. The largest absolute Gasteiger partial charge is 0.352 e. The van der Waals surface area contributed by atoms with Crippen LogP contribution < -0.4 is 5.32 Å². The van der Waals surface area contributed by atoms with Gasteiger partial charge in [-0.1, -0.05) is 12.6 Å². The van der Waals surface area contributed by atoms with E-state index in [9.17, 15) is 14.0 Å².